The zero-order valence-corrected chi connectivity index (χ0v) is 18.9. The molecule has 1 aromatic carbocycles. The van der Waals surface area contributed by atoms with Gasteiger partial charge in [0.05, 0.1) is 25.3 Å². The molecule has 8 heteroatoms. The van der Waals surface area contributed by atoms with Gasteiger partial charge in [0.15, 0.2) is 0 Å². The normalized spacial score (nSPS) is 13.7. The number of nitrogens with one attached hydrogen (secondary N) is 1. The number of anilines is 1. The lowest BCUT2D eigenvalue weighted by atomic mass is 9.96. The van der Waals surface area contributed by atoms with Gasteiger partial charge in [0, 0.05) is 17.8 Å². The number of rotatable bonds is 7. The molecule has 3 rings (SSSR count). The van der Waals surface area contributed by atoms with E-state index in [-0.39, 0.29) is 24.3 Å². The molecule has 0 fully saturated rings. The second-order valence-electron chi connectivity index (χ2n) is 7.31. The van der Waals surface area contributed by atoms with Crippen molar-refractivity contribution in [3.05, 3.63) is 45.8 Å². The van der Waals surface area contributed by atoms with Gasteiger partial charge in [-0.25, -0.2) is 4.79 Å². The standard InChI is InChI=1S/C23H27N3O4S/c1-4-29-19-9-7-6-8-16(19)15(3)12-21(27)25-22-18(13-24)17-10-11-26(14-20(17)31-22)23(28)30-5-2/h6-9,15H,4-5,10-12,14H2,1-3H3,(H,25,27). The van der Waals surface area contributed by atoms with Crippen LogP contribution in [0.4, 0.5) is 9.80 Å². The molecule has 2 amide bonds. The van der Waals surface area contributed by atoms with E-state index in [0.717, 1.165) is 21.8 Å². The highest BCUT2D eigenvalue weighted by atomic mass is 32.1. The number of carbonyl (C=O) groups excluding carboxylic acids is 2. The van der Waals surface area contributed by atoms with Crippen molar-refractivity contribution in [3.63, 3.8) is 0 Å². The van der Waals surface area contributed by atoms with E-state index >= 15 is 0 Å². The van der Waals surface area contributed by atoms with Gasteiger partial charge in [-0.2, -0.15) is 5.26 Å². The number of carbonyl (C=O) groups is 2. The Balaban J connectivity index is 1.71. The number of thiophene rings is 1. The lowest BCUT2D eigenvalue weighted by Gasteiger charge is -2.25. The van der Waals surface area contributed by atoms with Crippen LogP contribution in [0, 0.1) is 11.3 Å². The first-order valence-corrected chi connectivity index (χ1v) is 11.3. The van der Waals surface area contributed by atoms with Gasteiger partial charge in [-0.15, -0.1) is 11.3 Å². The van der Waals surface area contributed by atoms with Crippen LogP contribution in [0.1, 0.15) is 54.7 Å². The molecular formula is C23H27N3O4S. The van der Waals surface area contributed by atoms with Crippen molar-refractivity contribution in [1.82, 2.24) is 4.90 Å². The zero-order valence-electron chi connectivity index (χ0n) is 18.1. The summed E-state index contributed by atoms with van der Waals surface area (Å²) in [5.41, 5.74) is 2.40. The summed E-state index contributed by atoms with van der Waals surface area (Å²) in [6.07, 6.45) is 0.487. The van der Waals surface area contributed by atoms with Crippen LogP contribution in [0.5, 0.6) is 5.75 Å². The summed E-state index contributed by atoms with van der Waals surface area (Å²) in [6.45, 7) is 7.45. The quantitative estimate of drug-likeness (QED) is 0.674. The molecule has 7 nitrogen and oxygen atoms in total. The van der Waals surface area contributed by atoms with Gasteiger partial charge in [-0.1, -0.05) is 25.1 Å². The summed E-state index contributed by atoms with van der Waals surface area (Å²) in [6, 6.07) is 9.95. The van der Waals surface area contributed by atoms with E-state index in [0.29, 0.717) is 43.3 Å². The van der Waals surface area contributed by atoms with Crippen molar-refractivity contribution < 1.29 is 19.1 Å². The third-order valence-corrected chi connectivity index (χ3v) is 6.32. The number of fused-ring (bicyclic) bond motifs is 1. The molecule has 0 radical (unpaired) electrons. The Bertz CT molecular complexity index is 995. The predicted molar refractivity (Wildman–Crippen MR) is 119 cm³/mol. The van der Waals surface area contributed by atoms with Crippen molar-refractivity contribution in [2.45, 2.75) is 46.1 Å². The Kier molecular flexibility index (Phi) is 7.53. The van der Waals surface area contributed by atoms with E-state index in [1.165, 1.54) is 11.3 Å². The van der Waals surface area contributed by atoms with Crippen molar-refractivity contribution >= 4 is 28.3 Å². The summed E-state index contributed by atoms with van der Waals surface area (Å²) >= 11 is 1.36. The van der Waals surface area contributed by atoms with E-state index in [2.05, 4.69) is 11.4 Å². The van der Waals surface area contributed by atoms with E-state index < -0.39 is 0 Å². The van der Waals surface area contributed by atoms with Crippen LogP contribution in [0.15, 0.2) is 24.3 Å². The average molecular weight is 442 g/mol. The third kappa shape index (κ3) is 5.17. The van der Waals surface area contributed by atoms with Gasteiger partial charge in [0.1, 0.15) is 16.8 Å². The second-order valence-corrected chi connectivity index (χ2v) is 8.42. The summed E-state index contributed by atoms with van der Waals surface area (Å²) in [7, 11) is 0. The number of nitriles is 1. The zero-order chi connectivity index (χ0) is 22.4. The smallest absolute Gasteiger partial charge is 0.410 e. The fourth-order valence-electron chi connectivity index (χ4n) is 3.72. The van der Waals surface area contributed by atoms with E-state index in [1.807, 2.05) is 38.1 Å². The molecule has 1 N–H and O–H groups in total. The van der Waals surface area contributed by atoms with Gasteiger partial charge in [0.25, 0.3) is 0 Å². The number of benzene rings is 1. The molecular weight excluding hydrogens is 414 g/mol. The fourth-order valence-corrected chi connectivity index (χ4v) is 4.95. The van der Waals surface area contributed by atoms with Crippen LogP contribution in [-0.2, 0) is 22.5 Å². The molecule has 2 aromatic rings. The Morgan fingerprint density at radius 3 is 2.77 bits per heavy atom. The maximum atomic E-state index is 12.8. The molecule has 2 heterocycles. The van der Waals surface area contributed by atoms with Gasteiger partial charge in [-0.05, 0) is 43.4 Å². The second kappa shape index (κ2) is 10.3. The van der Waals surface area contributed by atoms with E-state index in [9.17, 15) is 14.9 Å². The van der Waals surface area contributed by atoms with Crippen LogP contribution in [0.2, 0.25) is 0 Å². The number of amides is 2. The first-order chi connectivity index (χ1) is 15.0. The summed E-state index contributed by atoms with van der Waals surface area (Å²) < 4.78 is 10.8. The largest absolute Gasteiger partial charge is 0.494 e. The topological polar surface area (TPSA) is 91.7 Å². The molecule has 0 bridgehead atoms. The van der Waals surface area contributed by atoms with Gasteiger partial charge in [-0.3, -0.25) is 4.79 Å². The highest BCUT2D eigenvalue weighted by Gasteiger charge is 2.28. The Morgan fingerprint density at radius 2 is 2.06 bits per heavy atom. The lowest BCUT2D eigenvalue weighted by Crippen LogP contribution is -2.35. The maximum absolute atomic E-state index is 12.8. The molecule has 0 saturated heterocycles. The summed E-state index contributed by atoms with van der Waals surface area (Å²) in [5, 5.41) is 13.1. The molecule has 164 valence electrons. The predicted octanol–water partition coefficient (Wildman–Crippen LogP) is 4.67. The van der Waals surface area contributed by atoms with Crippen LogP contribution in [0.25, 0.3) is 0 Å². The Hall–Kier alpha value is -3.05. The molecule has 1 aromatic heterocycles. The van der Waals surface area contributed by atoms with Gasteiger partial charge in [0.2, 0.25) is 5.91 Å². The molecule has 31 heavy (non-hydrogen) atoms. The fraction of sp³-hybridized carbons (Fsp3) is 0.435. The molecule has 1 atom stereocenters. The monoisotopic (exact) mass is 441 g/mol. The number of para-hydroxylation sites is 1. The van der Waals surface area contributed by atoms with Crippen molar-refractivity contribution in [1.29, 1.82) is 5.26 Å². The first-order valence-electron chi connectivity index (χ1n) is 10.5. The molecule has 0 spiro atoms. The minimum absolute atomic E-state index is 0.0396. The number of ether oxygens (including phenoxy) is 2. The van der Waals surface area contributed by atoms with Crippen molar-refractivity contribution in [2.75, 3.05) is 25.1 Å². The molecule has 0 aliphatic carbocycles. The van der Waals surface area contributed by atoms with Crippen LogP contribution in [-0.4, -0.2) is 36.7 Å². The van der Waals surface area contributed by atoms with Gasteiger partial charge < -0.3 is 19.7 Å². The third-order valence-electron chi connectivity index (χ3n) is 5.19. The van der Waals surface area contributed by atoms with E-state index in [4.69, 9.17) is 9.47 Å². The molecule has 0 saturated carbocycles. The van der Waals surface area contributed by atoms with Gasteiger partial charge >= 0.3 is 6.09 Å². The van der Waals surface area contributed by atoms with Crippen LogP contribution in [0.3, 0.4) is 0 Å². The minimum Gasteiger partial charge on any atom is -0.494 e. The highest BCUT2D eigenvalue weighted by molar-refractivity contribution is 7.16. The molecule has 1 aliphatic heterocycles. The minimum atomic E-state index is -0.354. The summed E-state index contributed by atoms with van der Waals surface area (Å²) in [4.78, 5) is 27.3. The molecule has 1 unspecified atom stereocenters. The van der Waals surface area contributed by atoms with Crippen LogP contribution >= 0.6 is 11.3 Å². The number of hydrogen-bond acceptors (Lipinski definition) is 6. The number of nitrogens with zero attached hydrogens (tertiary/aromatic N) is 2. The highest BCUT2D eigenvalue weighted by Crippen LogP contribution is 2.37. The lowest BCUT2D eigenvalue weighted by molar-refractivity contribution is -0.116. The van der Waals surface area contributed by atoms with Crippen molar-refractivity contribution in [3.8, 4) is 11.8 Å². The SMILES string of the molecule is CCOC(=O)N1CCc2c(sc(NC(=O)CC(C)c3ccccc3OCC)c2C#N)C1. The average Bonchev–Trinajstić information content (AvgIpc) is 3.10. The van der Waals surface area contributed by atoms with E-state index in [1.54, 1.807) is 11.8 Å². The van der Waals surface area contributed by atoms with Crippen molar-refractivity contribution in [2.24, 2.45) is 0 Å². The Morgan fingerprint density at radius 1 is 1.29 bits per heavy atom. The summed E-state index contributed by atoms with van der Waals surface area (Å²) in [5.74, 6) is 0.590. The number of hydrogen-bond donors (Lipinski definition) is 1. The molecule has 1 aliphatic rings. The van der Waals surface area contributed by atoms with Crippen LogP contribution < -0.4 is 10.1 Å². The Labute approximate surface area is 186 Å². The maximum Gasteiger partial charge on any atom is 0.410 e. The first kappa shape index (κ1) is 22.6.